The summed E-state index contributed by atoms with van der Waals surface area (Å²) in [6.45, 7) is -0.319. The summed E-state index contributed by atoms with van der Waals surface area (Å²) < 4.78 is 4.61. The van der Waals surface area contributed by atoms with Crippen molar-refractivity contribution in [2.75, 3.05) is 27.8 Å². The number of ether oxygens (including phenoxy) is 1. The van der Waals surface area contributed by atoms with E-state index in [0.29, 0.717) is 12.0 Å². The van der Waals surface area contributed by atoms with Gasteiger partial charge < -0.3 is 14.7 Å². The topological polar surface area (TPSA) is 83.9 Å². The van der Waals surface area contributed by atoms with E-state index in [0.717, 1.165) is 25.7 Å². The van der Waals surface area contributed by atoms with Crippen LogP contribution in [0.4, 0.5) is 0 Å². The van der Waals surface area contributed by atoms with E-state index in [1.54, 1.807) is 19.0 Å². The Morgan fingerprint density at radius 1 is 1.28 bits per heavy atom. The van der Waals surface area contributed by atoms with Crippen LogP contribution in [0.15, 0.2) is 23.3 Å². The lowest BCUT2D eigenvalue weighted by Crippen LogP contribution is -2.21. The summed E-state index contributed by atoms with van der Waals surface area (Å²) in [5.74, 6) is -1.06. The van der Waals surface area contributed by atoms with Crippen LogP contribution in [0.1, 0.15) is 44.9 Å². The maximum absolute atomic E-state index is 12.3. The Hall–Kier alpha value is -1.95. The minimum absolute atomic E-state index is 0.0241. The van der Waals surface area contributed by atoms with Crippen LogP contribution in [0.2, 0.25) is 0 Å². The molecular formula is C19H29NO5. The highest BCUT2D eigenvalue weighted by Gasteiger charge is 2.21. The van der Waals surface area contributed by atoms with E-state index >= 15 is 0 Å². The molecule has 1 amide bonds. The SMILES string of the molecule is COC(=O)[C@H](CO)CCC(=O)C1=CCCC(CCCC(=O)N(C)C)=C1. The molecule has 0 aromatic heterocycles. The first-order valence-electron chi connectivity index (χ1n) is 8.70. The Kier molecular flexibility index (Phi) is 9.13. The lowest BCUT2D eigenvalue weighted by molar-refractivity contribution is -0.147. The summed E-state index contributed by atoms with van der Waals surface area (Å²) in [4.78, 5) is 37.0. The molecular weight excluding hydrogens is 322 g/mol. The largest absolute Gasteiger partial charge is 0.469 e. The molecule has 0 spiro atoms. The highest BCUT2D eigenvalue weighted by Crippen LogP contribution is 2.24. The maximum atomic E-state index is 12.3. The predicted molar refractivity (Wildman–Crippen MR) is 94.8 cm³/mol. The van der Waals surface area contributed by atoms with E-state index in [1.165, 1.54) is 12.7 Å². The van der Waals surface area contributed by atoms with Crippen LogP contribution in [0.25, 0.3) is 0 Å². The number of aliphatic hydroxyl groups is 1. The van der Waals surface area contributed by atoms with Gasteiger partial charge in [0.05, 0.1) is 19.6 Å². The number of esters is 1. The molecule has 25 heavy (non-hydrogen) atoms. The standard InChI is InChI=1S/C19H29NO5/c1-20(2)18(23)9-5-7-14-6-4-8-15(12-14)17(22)11-10-16(13-21)19(24)25-3/h8,12,16,21H,4-7,9-11,13H2,1-3H3/t16-/m0/s1. The number of hydrogen-bond donors (Lipinski definition) is 1. The van der Waals surface area contributed by atoms with Gasteiger partial charge in [-0.2, -0.15) is 0 Å². The molecule has 0 aliphatic heterocycles. The third kappa shape index (κ3) is 7.22. The maximum Gasteiger partial charge on any atom is 0.311 e. The van der Waals surface area contributed by atoms with Gasteiger partial charge in [-0.05, 0) is 32.1 Å². The van der Waals surface area contributed by atoms with Gasteiger partial charge in [-0.15, -0.1) is 0 Å². The summed E-state index contributed by atoms with van der Waals surface area (Å²) in [5.41, 5.74) is 1.85. The minimum atomic E-state index is -0.654. The van der Waals surface area contributed by atoms with Gasteiger partial charge in [0.25, 0.3) is 0 Å². The molecule has 6 nitrogen and oxygen atoms in total. The number of allylic oxidation sites excluding steroid dienone is 4. The van der Waals surface area contributed by atoms with Gasteiger partial charge >= 0.3 is 5.97 Å². The fraction of sp³-hybridized carbons (Fsp3) is 0.632. The van der Waals surface area contributed by atoms with Crippen LogP contribution < -0.4 is 0 Å². The van der Waals surface area contributed by atoms with Gasteiger partial charge in [-0.1, -0.05) is 17.7 Å². The molecule has 6 heteroatoms. The molecule has 0 bridgehead atoms. The molecule has 1 N–H and O–H groups in total. The second-order valence-corrected chi connectivity index (χ2v) is 6.51. The van der Waals surface area contributed by atoms with E-state index in [2.05, 4.69) is 4.74 Å². The number of nitrogens with zero attached hydrogens (tertiary/aromatic N) is 1. The van der Waals surface area contributed by atoms with Crippen molar-refractivity contribution in [1.82, 2.24) is 4.90 Å². The van der Waals surface area contributed by atoms with Crippen molar-refractivity contribution in [1.29, 1.82) is 0 Å². The van der Waals surface area contributed by atoms with Gasteiger partial charge in [0.2, 0.25) is 5.91 Å². The van der Waals surface area contributed by atoms with Crippen molar-refractivity contribution < 1.29 is 24.2 Å². The Balaban J connectivity index is 2.50. The number of rotatable bonds is 10. The van der Waals surface area contributed by atoms with Crippen molar-refractivity contribution >= 4 is 17.7 Å². The molecule has 0 radical (unpaired) electrons. The van der Waals surface area contributed by atoms with Crippen molar-refractivity contribution in [3.8, 4) is 0 Å². The third-order valence-electron chi connectivity index (χ3n) is 4.37. The molecule has 1 aliphatic carbocycles. The fourth-order valence-corrected chi connectivity index (χ4v) is 2.75. The van der Waals surface area contributed by atoms with Crippen LogP contribution >= 0.6 is 0 Å². The number of methoxy groups -OCH3 is 1. The van der Waals surface area contributed by atoms with Gasteiger partial charge in [0.1, 0.15) is 0 Å². The van der Waals surface area contributed by atoms with E-state index in [4.69, 9.17) is 0 Å². The second kappa shape index (κ2) is 10.8. The summed E-state index contributed by atoms with van der Waals surface area (Å²) in [5, 5.41) is 9.20. The molecule has 0 aromatic rings. The normalized spacial score (nSPS) is 15.0. The number of aliphatic hydroxyl groups excluding tert-OH is 1. The molecule has 0 fully saturated rings. The van der Waals surface area contributed by atoms with Crippen molar-refractivity contribution in [2.45, 2.75) is 44.9 Å². The van der Waals surface area contributed by atoms with Crippen molar-refractivity contribution in [3.05, 3.63) is 23.3 Å². The number of hydrogen-bond acceptors (Lipinski definition) is 5. The van der Waals surface area contributed by atoms with Crippen LogP contribution in [-0.4, -0.2) is 55.5 Å². The van der Waals surface area contributed by atoms with Crippen LogP contribution in [-0.2, 0) is 19.1 Å². The molecule has 0 unspecified atom stereocenters. The molecule has 1 rings (SSSR count). The summed E-state index contributed by atoms with van der Waals surface area (Å²) >= 11 is 0. The minimum Gasteiger partial charge on any atom is -0.469 e. The first-order chi connectivity index (χ1) is 11.9. The average Bonchev–Trinajstić information content (AvgIpc) is 2.61. The Labute approximate surface area is 149 Å². The molecule has 0 saturated carbocycles. The summed E-state index contributed by atoms with van der Waals surface area (Å²) in [6, 6.07) is 0. The van der Waals surface area contributed by atoms with Gasteiger partial charge in [0.15, 0.2) is 5.78 Å². The monoisotopic (exact) mass is 351 g/mol. The first-order valence-corrected chi connectivity index (χ1v) is 8.70. The highest BCUT2D eigenvalue weighted by molar-refractivity contribution is 5.98. The molecule has 0 heterocycles. The number of ketones is 1. The van der Waals surface area contributed by atoms with E-state index < -0.39 is 11.9 Å². The number of carbonyl (C=O) groups is 3. The quantitative estimate of drug-likeness (QED) is 0.609. The van der Waals surface area contributed by atoms with Crippen molar-refractivity contribution in [3.63, 3.8) is 0 Å². The summed E-state index contributed by atoms with van der Waals surface area (Å²) in [6.07, 6.45) is 8.14. The highest BCUT2D eigenvalue weighted by atomic mass is 16.5. The zero-order valence-electron chi connectivity index (χ0n) is 15.4. The Bertz CT molecular complexity index is 548. The van der Waals surface area contributed by atoms with E-state index in [1.807, 2.05) is 12.2 Å². The number of carbonyl (C=O) groups excluding carboxylic acids is 3. The summed E-state index contributed by atoms with van der Waals surface area (Å²) in [7, 11) is 4.76. The predicted octanol–water partition coefficient (Wildman–Crippen LogP) is 2.02. The van der Waals surface area contributed by atoms with Gasteiger partial charge in [-0.3, -0.25) is 14.4 Å². The van der Waals surface area contributed by atoms with Crippen LogP contribution in [0.5, 0.6) is 0 Å². The lowest BCUT2D eigenvalue weighted by Gasteiger charge is -2.15. The first kappa shape index (κ1) is 21.1. The number of Topliss-reactive ketones (excluding diaryl/α,β-unsaturated/α-hetero) is 1. The van der Waals surface area contributed by atoms with Gasteiger partial charge in [0, 0.05) is 32.5 Å². The zero-order chi connectivity index (χ0) is 18.8. The van der Waals surface area contributed by atoms with E-state index in [-0.39, 0.29) is 31.1 Å². The van der Waals surface area contributed by atoms with Crippen LogP contribution in [0, 0.1) is 5.92 Å². The fourth-order valence-electron chi connectivity index (χ4n) is 2.75. The molecule has 1 atom stereocenters. The smallest absolute Gasteiger partial charge is 0.311 e. The number of amides is 1. The van der Waals surface area contributed by atoms with E-state index in [9.17, 15) is 19.5 Å². The molecule has 1 aliphatic rings. The zero-order valence-corrected chi connectivity index (χ0v) is 15.4. The van der Waals surface area contributed by atoms with Crippen molar-refractivity contribution in [2.24, 2.45) is 5.92 Å². The average molecular weight is 351 g/mol. The molecule has 140 valence electrons. The lowest BCUT2D eigenvalue weighted by atomic mass is 9.91. The third-order valence-corrected chi connectivity index (χ3v) is 4.37. The van der Waals surface area contributed by atoms with Gasteiger partial charge in [-0.25, -0.2) is 0 Å². The second-order valence-electron chi connectivity index (χ2n) is 6.51. The molecule has 0 aromatic carbocycles. The molecule has 0 saturated heterocycles. The Morgan fingerprint density at radius 2 is 2.00 bits per heavy atom. The Morgan fingerprint density at radius 3 is 2.60 bits per heavy atom. The van der Waals surface area contributed by atoms with Crippen LogP contribution in [0.3, 0.4) is 0 Å².